The van der Waals surface area contributed by atoms with Crippen molar-refractivity contribution in [1.82, 2.24) is 19.7 Å². The van der Waals surface area contributed by atoms with Crippen LogP contribution in [0.25, 0.3) is 0 Å². The minimum Gasteiger partial charge on any atom is -0.467 e. The fraction of sp³-hybridized carbons (Fsp3) is 0.231. The average Bonchev–Trinajstić information content (AvgIpc) is 3.53. The minimum atomic E-state index is -0.406. The van der Waals surface area contributed by atoms with E-state index in [2.05, 4.69) is 10.2 Å². The van der Waals surface area contributed by atoms with Crippen molar-refractivity contribution in [1.29, 1.82) is 0 Å². The van der Waals surface area contributed by atoms with Gasteiger partial charge in [-0.25, -0.2) is 0 Å². The van der Waals surface area contributed by atoms with Gasteiger partial charge in [0, 0.05) is 19.9 Å². The molecule has 35 heavy (non-hydrogen) atoms. The molecule has 2 heterocycles. The number of carbonyl (C=O) groups excluding carboxylic acids is 2. The fourth-order valence-electron chi connectivity index (χ4n) is 3.85. The molecule has 2 N–H and O–H groups in total. The van der Waals surface area contributed by atoms with Crippen molar-refractivity contribution < 1.29 is 14.0 Å². The van der Waals surface area contributed by atoms with Gasteiger partial charge in [-0.2, -0.15) is 0 Å². The van der Waals surface area contributed by atoms with Crippen molar-refractivity contribution in [2.24, 2.45) is 5.73 Å². The van der Waals surface area contributed by atoms with Crippen molar-refractivity contribution in [2.75, 3.05) is 12.8 Å². The first kappa shape index (κ1) is 24.3. The number of carbonyl (C=O) groups is 2. The third-order valence-corrected chi connectivity index (χ3v) is 6.57. The molecule has 0 saturated carbocycles. The van der Waals surface area contributed by atoms with E-state index in [1.165, 1.54) is 11.8 Å². The molecule has 2 amide bonds. The van der Waals surface area contributed by atoms with Crippen LogP contribution in [0.15, 0.2) is 88.6 Å². The Bertz CT molecular complexity index is 1200. The summed E-state index contributed by atoms with van der Waals surface area (Å²) in [5, 5.41) is 9.10. The minimum absolute atomic E-state index is 0.0426. The highest BCUT2D eigenvalue weighted by molar-refractivity contribution is 7.99. The smallest absolute Gasteiger partial charge is 0.233 e. The van der Waals surface area contributed by atoms with Gasteiger partial charge in [-0.15, -0.1) is 10.2 Å². The standard InChI is InChI=1S/C26H27N5O3S/c1-30(25(19-9-4-2-5-10-19)20-11-6-3-7-12-20)24(33)18-35-26-29-28-23(15-14-22(27)32)31(26)17-21-13-8-16-34-21/h2-13,16,25H,14-15,17-18H2,1H3,(H2,27,32). The van der Waals surface area contributed by atoms with Crippen LogP contribution >= 0.6 is 11.8 Å². The van der Waals surface area contributed by atoms with Crippen LogP contribution in [0.1, 0.15) is 35.2 Å². The Morgan fingerprint density at radius 3 is 2.23 bits per heavy atom. The van der Waals surface area contributed by atoms with Crippen molar-refractivity contribution >= 4 is 23.6 Å². The first-order valence-corrected chi connectivity index (χ1v) is 12.2. The Balaban J connectivity index is 1.52. The maximum atomic E-state index is 13.3. The molecule has 0 bridgehead atoms. The Hall–Kier alpha value is -3.85. The summed E-state index contributed by atoms with van der Waals surface area (Å²) in [5.74, 6) is 1.08. The van der Waals surface area contributed by atoms with Crippen molar-refractivity contribution in [3.63, 3.8) is 0 Å². The second-order valence-corrected chi connectivity index (χ2v) is 8.99. The summed E-state index contributed by atoms with van der Waals surface area (Å²) in [5.41, 5.74) is 7.39. The van der Waals surface area contributed by atoms with Gasteiger partial charge in [0.2, 0.25) is 11.8 Å². The number of primary amides is 1. The first-order chi connectivity index (χ1) is 17.0. The van der Waals surface area contributed by atoms with Gasteiger partial charge in [0.1, 0.15) is 11.6 Å². The lowest BCUT2D eigenvalue weighted by atomic mass is 9.97. The topological polar surface area (TPSA) is 107 Å². The highest BCUT2D eigenvalue weighted by Crippen LogP contribution is 2.29. The average molecular weight is 490 g/mol. The number of nitrogens with two attached hydrogens (primary N) is 1. The number of aryl methyl sites for hydroxylation is 1. The molecule has 0 spiro atoms. The predicted octanol–water partition coefficient (Wildman–Crippen LogP) is 3.68. The molecule has 0 aliphatic rings. The molecular formula is C26H27N5O3S. The Kier molecular flexibility index (Phi) is 7.99. The summed E-state index contributed by atoms with van der Waals surface area (Å²) >= 11 is 1.31. The zero-order valence-electron chi connectivity index (χ0n) is 19.4. The summed E-state index contributed by atoms with van der Waals surface area (Å²) in [4.78, 5) is 26.4. The number of nitrogens with zero attached hydrogens (tertiary/aromatic N) is 4. The van der Waals surface area contributed by atoms with Crippen molar-refractivity contribution in [3.8, 4) is 0 Å². The molecule has 0 unspecified atom stereocenters. The second kappa shape index (κ2) is 11.5. The first-order valence-electron chi connectivity index (χ1n) is 11.2. The van der Waals surface area contributed by atoms with Crippen LogP contribution in [0.2, 0.25) is 0 Å². The molecule has 9 heteroatoms. The van der Waals surface area contributed by atoms with Crippen LogP contribution in [0.5, 0.6) is 0 Å². The molecule has 0 aliphatic carbocycles. The van der Waals surface area contributed by atoms with Gasteiger partial charge in [0.15, 0.2) is 5.16 Å². The normalized spacial score (nSPS) is 11.0. The zero-order valence-corrected chi connectivity index (χ0v) is 20.2. The lowest BCUT2D eigenvalue weighted by molar-refractivity contribution is -0.128. The molecule has 0 fully saturated rings. The SMILES string of the molecule is CN(C(=O)CSc1nnc(CCC(N)=O)n1Cc1ccco1)C(c1ccccc1)c1ccccc1. The molecule has 2 aromatic heterocycles. The van der Waals surface area contributed by atoms with E-state index in [0.717, 1.165) is 16.9 Å². The molecule has 0 radical (unpaired) electrons. The van der Waals surface area contributed by atoms with Crippen LogP contribution in [-0.2, 0) is 22.6 Å². The van der Waals surface area contributed by atoms with Crippen LogP contribution in [0.3, 0.4) is 0 Å². The predicted molar refractivity (Wildman–Crippen MR) is 134 cm³/mol. The second-order valence-electron chi connectivity index (χ2n) is 8.05. The summed E-state index contributed by atoms with van der Waals surface area (Å²) in [6, 6.07) is 23.4. The number of hydrogen-bond acceptors (Lipinski definition) is 6. The Morgan fingerprint density at radius 1 is 1.00 bits per heavy atom. The highest BCUT2D eigenvalue weighted by atomic mass is 32.2. The molecule has 2 aromatic carbocycles. The lowest BCUT2D eigenvalue weighted by Gasteiger charge is -2.29. The number of hydrogen-bond donors (Lipinski definition) is 1. The van der Waals surface area contributed by atoms with Crippen molar-refractivity contribution in [3.05, 3.63) is 102 Å². The number of amides is 2. The van der Waals surface area contributed by atoms with Gasteiger partial charge in [0.05, 0.1) is 24.6 Å². The molecule has 0 saturated heterocycles. The summed E-state index contributed by atoms with van der Waals surface area (Å²) in [6.07, 6.45) is 2.13. The molecule has 0 atom stereocenters. The third-order valence-electron chi connectivity index (χ3n) is 5.62. The lowest BCUT2D eigenvalue weighted by Crippen LogP contribution is -2.33. The number of thioether (sulfide) groups is 1. The van der Waals surface area contributed by atoms with Gasteiger partial charge in [-0.05, 0) is 23.3 Å². The number of benzene rings is 2. The summed E-state index contributed by atoms with van der Waals surface area (Å²) in [7, 11) is 1.82. The Labute approximate surface area is 208 Å². The van der Waals surface area contributed by atoms with E-state index in [0.29, 0.717) is 23.9 Å². The summed E-state index contributed by atoms with van der Waals surface area (Å²) < 4.78 is 7.35. The van der Waals surface area contributed by atoms with E-state index in [1.807, 2.05) is 78.3 Å². The highest BCUT2D eigenvalue weighted by Gasteiger charge is 2.24. The van der Waals surface area contributed by atoms with Crippen LogP contribution in [0, 0.1) is 0 Å². The van der Waals surface area contributed by atoms with E-state index >= 15 is 0 Å². The van der Waals surface area contributed by atoms with E-state index in [9.17, 15) is 9.59 Å². The molecule has 4 aromatic rings. The maximum absolute atomic E-state index is 13.3. The van der Waals surface area contributed by atoms with Crippen LogP contribution < -0.4 is 5.73 Å². The summed E-state index contributed by atoms with van der Waals surface area (Å²) in [6.45, 7) is 0.400. The van der Waals surface area contributed by atoms with Gasteiger partial charge in [-0.3, -0.25) is 14.2 Å². The largest absolute Gasteiger partial charge is 0.467 e. The van der Waals surface area contributed by atoms with Gasteiger partial charge >= 0.3 is 0 Å². The monoisotopic (exact) mass is 489 g/mol. The van der Waals surface area contributed by atoms with Gasteiger partial charge < -0.3 is 15.1 Å². The van der Waals surface area contributed by atoms with E-state index in [1.54, 1.807) is 17.2 Å². The van der Waals surface area contributed by atoms with Crippen LogP contribution in [-0.4, -0.2) is 44.3 Å². The molecule has 180 valence electrons. The maximum Gasteiger partial charge on any atom is 0.233 e. The molecule has 8 nitrogen and oxygen atoms in total. The van der Waals surface area contributed by atoms with E-state index < -0.39 is 5.91 Å². The zero-order chi connectivity index (χ0) is 24.6. The third kappa shape index (κ3) is 6.19. The number of furan rings is 1. The van der Waals surface area contributed by atoms with Crippen LogP contribution in [0.4, 0.5) is 0 Å². The fourth-order valence-corrected chi connectivity index (χ4v) is 4.73. The van der Waals surface area contributed by atoms with E-state index in [-0.39, 0.29) is 24.1 Å². The number of rotatable bonds is 11. The van der Waals surface area contributed by atoms with Gasteiger partial charge in [0.25, 0.3) is 0 Å². The van der Waals surface area contributed by atoms with E-state index in [4.69, 9.17) is 10.2 Å². The van der Waals surface area contributed by atoms with Gasteiger partial charge in [-0.1, -0.05) is 72.4 Å². The number of aromatic nitrogens is 3. The molecule has 4 rings (SSSR count). The molecule has 0 aliphatic heterocycles. The van der Waals surface area contributed by atoms with Crippen molar-refractivity contribution in [2.45, 2.75) is 30.6 Å². The quantitative estimate of drug-likeness (QED) is 0.322. The Morgan fingerprint density at radius 2 is 1.66 bits per heavy atom. The molecular weight excluding hydrogens is 462 g/mol.